The molecule has 100 valence electrons. The van der Waals surface area contributed by atoms with Crippen molar-refractivity contribution in [2.75, 3.05) is 19.0 Å². The minimum Gasteiger partial charge on any atom is -0.385 e. The molecule has 0 aromatic heterocycles. The van der Waals surface area contributed by atoms with Crippen molar-refractivity contribution in [2.24, 2.45) is 5.73 Å². The smallest absolute Gasteiger partial charge is 0.241 e. The summed E-state index contributed by atoms with van der Waals surface area (Å²) in [7, 11) is 1.56. The standard InChI is InChI=1S/C12H16F2N2O2/c1-18-4-2-3-11(15)12(17)16-10-6-8(13)5-9(14)7-10/h5-7,11H,2-4,15H2,1H3,(H,16,17). The molecule has 0 aliphatic carbocycles. The van der Waals surface area contributed by atoms with E-state index in [-0.39, 0.29) is 5.69 Å². The number of carbonyl (C=O) groups excluding carboxylic acids is 1. The molecule has 4 nitrogen and oxygen atoms in total. The first-order chi connectivity index (χ1) is 8.52. The van der Waals surface area contributed by atoms with E-state index in [0.717, 1.165) is 18.2 Å². The van der Waals surface area contributed by atoms with Crippen LogP contribution in [0, 0.1) is 11.6 Å². The van der Waals surface area contributed by atoms with E-state index in [2.05, 4.69) is 5.32 Å². The molecule has 0 saturated carbocycles. The van der Waals surface area contributed by atoms with Gasteiger partial charge in [0.2, 0.25) is 5.91 Å². The van der Waals surface area contributed by atoms with Crippen LogP contribution >= 0.6 is 0 Å². The van der Waals surface area contributed by atoms with Gasteiger partial charge in [-0.15, -0.1) is 0 Å². The Morgan fingerprint density at radius 1 is 1.39 bits per heavy atom. The van der Waals surface area contributed by atoms with E-state index in [0.29, 0.717) is 19.4 Å². The molecule has 0 aliphatic rings. The number of methoxy groups -OCH3 is 1. The highest BCUT2D eigenvalue weighted by atomic mass is 19.1. The maximum atomic E-state index is 12.9. The van der Waals surface area contributed by atoms with Gasteiger partial charge in [0.15, 0.2) is 0 Å². The molecular weight excluding hydrogens is 242 g/mol. The number of nitrogens with one attached hydrogen (secondary N) is 1. The normalized spacial score (nSPS) is 12.2. The zero-order valence-corrected chi connectivity index (χ0v) is 10.1. The van der Waals surface area contributed by atoms with Crippen molar-refractivity contribution in [1.82, 2.24) is 0 Å². The molecule has 18 heavy (non-hydrogen) atoms. The Morgan fingerprint density at radius 2 is 2.00 bits per heavy atom. The van der Waals surface area contributed by atoms with Gasteiger partial charge in [-0.3, -0.25) is 4.79 Å². The highest BCUT2D eigenvalue weighted by Crippen LogP contribution is 2.13. The van der Waals surface area contributed by atoms with E-state index in [1.807, 2.05) is 0 Å². The summed E-state index contributed by atoms with van der Waals surface area (Å²) in [5.41, 5.74) is 5.68. The Hall–Kier alpha value is -1.53. The summed E-state index contributed by atoms with van der Waals surface area (Å²) in [4.78, 5) is 11.6. The van der Waals surface area contributed by atoms with E-state index in [1.165, 1.54) is 0 Å². The van der Waals surface area contributed by atoms with E-state index in [1.54, 1.807) is 7.11 Å². The van der Waals surface area contributed by atoms with E-state index in [9.17, 15) is 13.6 Å². The summed E-state index contributed by atoms with van der Waals surface area (Å²) in [6, 6.07) is 2.06. The van der Waals surface area contributed by atoms with Crippen molar-refractivity contribution in [3.63, 3.8) is 0 Å². The van der Waals surface area contributed by atoms with Crippen LogP contribution in [0.1, 0.15) is 12.8 Å². The lowest BCUT2D eigenvalue weighted by Gasteiger charge is -2.12. The number of ether oxygens (including phenoxy) is 1. The van der Waals surface area contributed by atoms with Crippen molar-refractivity contribution in [1.29, 1.82) is 0 Å². The fourth-order valence-corrected chi connectivity index (χ4v) is 1.44. The van der Waals surface area contributed by atoms with Crippen LogP contribution < -0.4 is 11.1 Å². The molecule has 1 unspecified atom stereocenters. The summed E-state index contributed by atoms with van der Waals surface area (Å²) >= 11 is 0. The largest absolute Gasteiger partial charge is 0.385 e. The monoisotopic (exact) mass is 258 g/mol. The summed E-state index contributed by atoms with van der Waals surface area (Å²) in [5, 5.41) is 2.37. The second-order valence-corrected chi connectivity index (χ2v) is 3.89. The van der Waals surface area contributed by atoms with E-state index < -0.39 is 23.6 Å². The number of rotatable bonds is 6. The molecule has 0 heterocycles. The van der Waals surface area contributed by atoms with Crippen molar-refractivity contribution in [2.45, 2.75) is 18.9 Å². The van der Waals surface area contributed by atoms with Crippen molar-refractivity contribution < 1.29 is 18.3 Å². The zero-order chi connectivity index (χ0) is 13.5. The molecule has 1 amide bonds. The average Bonchev–Trinajstić information content (AvgIpc) is 2.27. The Labute approximate surface area is 104 Å². The van der Waals surface area contributed by atoms with Gasteiger partial charge in [-0.1, -0.05) is 0 Å². The first-order valence-corrected chi connectivity index (χ1v) is 5.54. The molecule has 1 rings (SSSR count). The van der Waals surface area contributed by atoms with Crippen LogP contribution in [0.3, 0.4) is 0 Å². The molecule has 0 fully saturated rings. The van der Waals surface area contributed by atoms with Gasteiger partial charge in [-0.2, -0.15) is 0 Å². The summed E-state index contributed by atoms with van der Waals surface area (Å²) in [5.74, 6) is -1.98. The third-order valence-corrected chi connectivity index (χ3v) is 2.33. The average molecular weight is 258 g/mol. The fraction of sp³-hybridized carbons (Fsp3) is 0.417. The van der Waals surface area contributed by atoms with Gasteiger partial charge >= 0.3 is 0 Å². The third-order valence-electron chi connectivity index (χ3n) is 2.33. The number of hydrogen-bond acceptors (Lipinski definition) is 3. The molecular formula is C12H16F2N2O2. The molecule has 1 aromatic rings. The van der Waals surface area contributed by atoms with Crippen LogP contribution in [0.5, 0.6) is 0 Å². The van der Waals surface area contributed by atoms with Crippen LogP contribution in [0.2, 0.25) is 0 Å². The maximum Gasteiger partial charge on any atom is 0.241 e. The first kappa shape index (κ1) is 14.5. The Bertz CT molecular complexity index is 393. The van der Waals surface area contributed by atoms with Gasteiger partial charge in [0.25, 0.3) is 0 Å². The van der Waals surface area contributed by atoms with Crippen molar-refractivity contribution in [3.05, 3.63) is 29.8 Å². The molecule has 1 atom stereocenters. The topological polar surface area (TPSA) is 64.3 Å². The summed E-state index contributed by atoms with van der Waals surface area (Å²) in [6.07, 6.45) is 1.08. The second kappa shape index (κ2) is 7.03. The van der Waals surface area contributed by atoms with Crippen LogP contribution in [0.15, 0.2) is 18.2 Å². The Balaban J connectivity index is 2.52. The van der Waals surface area contributed by atoms with Gasteiger partial charge in [-0.05, 0) is 25.0 Å². The number of amides is 1. The Kier molecular flexibility index (Phi) is 5.67. The van der Waals surface area contributed by atoms with Crippen LogP contribution in [-0.4, -0.2) is 25.7 Å². The lowest BCUT2D eigenvalue weighted by molar-refractivity contribution is -0.117. The fourth-order valence-electron chi connectivity index (χ4n) is 1.44. The number of nitrogens with two attached hydrogens (primary N) is 1. The van der Waals surface area contributed by atoms with Crippen molar-refractivity contribution >= 4 is 11.6 Å². The predicted octanol–water partition coefficient (Wildman–Crippen LogP) is 1.66. The minimum absolute atomic E-state index is 0.0553. The number of benzene rings is 1. The molecule has 0 radical (unpaired) electrons. The van der Waals surface area contributed by atoms with Gasteiger partial charge in [0.05, 0.1) is 6.04 Å². The van der Waals surface area contributed by atoms with E-state index >= 15 is 0 Å². The van der Waals surface area contributed by atoms with Crippen LogP contribution in [-0.2, 0) is 9.53 Å². The molecule has 1 aromatic carbocycles. The Morgan fingerprint density at radius 3 is 2.56 bits per heavy atom. The number of anilines is 1. The van der Waals surface area contributed by atoms with Gasteiger partial charge in [-0.25, -0.2) is 8.78 Å². The number of halogens is 2. The molecule has 0 bridgehead atoms. The molecule has 3 N–H and O–H groups in total. The molecule has 0 aliphatic heterocycles. The first-order valence-electron chi connectivity index (χ1n) is 5.54. The quantitative estimate of drug-likeness (QED) is 0.763. The minimum atomic E-state index is -0.752. The zero-order valence-electron chi connectivity index (χ0n) is 10.1. The van der Waals surface area contributed by atoms with E-state index in [4.69, 9.17) is 10.5 Å². The number of carbonyl (C=O) groups is 1. The van der Waals surface area contributed by atoms with Gasteiger partial charge in [0.1, 0.15) is 11.6 Å². The molecule has 6 heteroatoms. The van der Waals surface area contributed by atoms with Gasteiger partial charge < -0.3 is 15.8 Å². The summed E-state index contributed by atoms with van der Waals surface area (Å²) < 4.78 is 30.6. The molecule has 0 spiro atoms. The highest BCUT2D eigenvalue weighted by Gasteiger charge is 2.13. The second-order valence-electron chi connectivity index (χ2n) is 3.89. The van der Waals surface area contributed by atoms with Crippen molar-refractivity contribution in [3.8, 4) is 0 Å². The lowest BCUT2D eigenvalue weighted by atomic mass is 10.1. The third kappa shape index (κ3) is 4.77. The maximum absolute atomic E-state index is 12.9. The highest BCUT2D eigenvalue weighted by molar-refractivity contribution is 5.94. The predicted molar refractivity (Wildman–Crippen MR) is 64.1 cm³/mol. The lowest BCUT2D eigenvalue weighted by Crippen LogP contribution is -2.35. The van der Waals surface area contributed by atoms with Gasteiger partial charge in [0, 0.05) is 25.5 Å². The van der Waals surface area contributed by atoms with Crippen LogP contribution in [0.25, 0.3) is 0 Å². The summed E-state index contributed by atoms with van der Waals surface area (Å²) in [6.45, 7) is 0.509. The SMILES string of the molecule is COCCCC(N)C(=O)Nc1cc(F)cc(F)c1. The molecule has 0 saturated heterocycles. The number of hydrogen-bond donors (Lipinski definition) is 2. The van der Waals surface area contributed by atoms with Crippen LogP contribution in [0.4, 0.5) is 14.5 Å².